The van der Waals surface area contributed by atoms with Crippen molar-refractivity contribution in [2.24, 2.45) is 10.7 Å². The molecular weight excluding hydrogens is 430 g/mol. The van der Waals surface area contributed by atoms with Crippen molar-refractivity contribution in [2.45, 2.75) is 58.5 Å². The first-order valence-electron chi connectivity index (χ1n) is 11.7. The summed E-state index contributed by atoms with van der Waals surface area (Å²) in [7, 11) is 0. The van der Waals surface area contributed by atoms with E-state index >= 15 is 0 Å². The summed E-state index contributed by atoms with van der Waals surface area (Å²) in [4.78, 5) is 25.0. The van der Waals surface area contributed by atoms with Crippen LogP contribution in [0.5, 0.6) is 0 Å². The summed E-state index contributed by atoms with van der Waals surface area (Å²) in [6.45, 7) is 4.54. The molecule has 2 aliphatic rings. The Morgan fingerprint density at radius 2 is 2.03 bits per heavy atom. The van der Waals surface area contributed by atoms with Crippen LogP contribution in [0.15, 0.2) is 47.1 Å². The molecule has 6 N–H and O–H groups in total. The lowest BCUT2D eigenvalue weighted by molar-refractivity contribution is -0.139. The van der Waals surface area contributed by atoms with Crippen LogP contribution in [0.1, 0.15) is 62.9 Å². The largest absolute Gasteiger partial charge is 0.480 e. The van der Waals surface area contributed by atoms with Crippen LogP contribution in [0.3, 0.4) is 0 Å². The van der Waals surface area contributed by atoms with E-state index in [1.165, 1.54) is 5.57 Å². The number of nitrogens with two attached hydrogens (primary N) is 1. The van der Waals surface area contributed by atoms with Gasteiger partial charge in [-0.1, -0.05) is 38.5 Å². The van der Waals surface area contributed by atoms with E-state index in [0.717, 1.165) is 54.0 Å². The zero-order chi connectivity index (χ0) is 24.1. The molecule has 0 bridgehead atoms. The second-order valence-electron chi connectivity index (χ2n) is 8.41. The zero-order valence-corrected chi connectivity index (χ0v) is 19.6. The van der Waals surface area contributed by atoms with Crippen molar-refractivity contribution >= 4 is 34.8 Å². The fourth-order valence-electron chi connectivity index (χ4n) is 3.83. The van der Waals surface area contributed by atoms with Crippen LogP contribution >= 0.6 is 0 Å². The van der Waals surface area contributed by atoms with Gasteiger partial charge in [0.15, 0.2) is 11.8 Å². The van der Waals surface area contributed by atoms with E-state index in [1.54, 1.807) is 6.20 Å². The molecular formula is C25H31N7O2. The summed E-state index contributed by atoms with van der Waals surface area (Å²) >= 11 is 0. The number of hydrogen-bond donors (Lipinski definition) is 5. The summed E-state index contributed by atoms with van der Waals surface area (Å²) in [6.07, 6.45) is 7.98. The number of guanidine groups is 1. The molecule has 1 fully saturated rings. The SMILES string of the molecule is CC/C=C1\NC(N)=Nc2ncc(CNc3ccc(C(NC(CCC)C(=O)O)=C4CC4)cc3)nc21. The number of fused-ring (bicyclic) bond motifs is 1. The van der Waals surface area contributed by atoms with Crippen LogP contribution in [0.25, 0.3) is 11.4 Å². The lowest BCUT2D eigenvalue weighted by Crippen LogP contribution is -2.35. The Morgan fingerprint density at radius 1 is 1.26 bits per heavy atom. The highest BCUT2D eigenvalue weighted by atomic mass is 16.4. The van der Waals surface area contributed by atoms with Crippen LogP contribution in [0, 0.1) is 0 Å². The Bertz CT molecular complexity index is 1150. The molecule has 9 nitrogen and oxygen atoms in total. The molecule has 1 aromatic carbocycles. The van der Waals surface area contributed by atoms with Gasteiger partial charge in [-0.05, 0) is 49.0 Å². The minimum Gasteiger partial charge on any atom is -0.480 e. The molecule has 2 aromatic rings. The number of carboxylic acid groups (broad SMARTS) is 1. The molecule has 1 atom stereocenters. The summed E-state index contributed by atoms with van der Waals surface area (Å²) in [5.74, 6) is 0.0114. The maximum absolute atomic E-state index is 11.6. The van der Waals surface area contributed by atoms with Gasteiger partial charge in [0.2, 0.25) is 0 Å². The summed E-state index contributed by atoms with van der Waals surface area (Å²) < 4.78 is 0. The predicted molar refractivity (Wildman–Crippen MR) is 134 cm³/mol. The van der Waals surface area contributed by atoms with E-state index in [1.807, 2.05) is 44.2 Å². The highest BCUT2D eigenvalue weighted by molar-refractivity contribution is 5.94. The highest BCUT2D eigenvalue weighted by Crippen LogP contribution is 2.35. The molecule has 2 heterocycles. The van der Waals surface area contributed by atoms with Gasteiger partial charge < -0.3 is 26.8 Å². The fraction of sp³-hybridized carbons (Fsp3) is 0.360. The van der Waals surface area contributed by atoms with Crippen molar-refractivity contribution < 1.29 is 9.90 Å². The maximum atomic E-state index is 11.6. The monoisotopic (exact) mass is 461 g/mol. The van der Waals surface area contributed by atoms with Crippen molar-refractivity contribution in [1.29, 1.82) is 0 Å². The van der Waals surface area contributed by atoms with Crippen LogP contribution in [-0.2, 0) is 11.3 Å². The Morgan fingerprint density at radius 3 is 2.68 bits per heavy atom. The topological polar surface area (TPSA) is 138 Å². The van der Waals surface area contributed by atoms with Crippen molar-refractivity contribution in [3.8, 4) is 0 Å². The van der Waals surface area contributed by atoms with E-state index in [-0.39, 0.29) is 0 Å². The van der Waals surface area contributed by atoms with Gasteiger partial charge in [0.25, 0.3) is 0 Å². The third-order valence-corrected chi connectivity index (χ3v) is 5.65. The van der Waals surface area contributed by atoms with Crippen LogP contribution in [-0.4, -0.2) is 33.0 Å². The number of nitrogens with zero attached hydrogens (tertiary/aromatic N) is 3. The number of benzene rings is 1. The average molecular weight is 462 g/mol. The first-order valence-corrected chi connectivity index (χ1v) is 11.7. The number of aliphatic imine (C=N–C) groups is 1. The molecule has 34 heavy (non-hydrogen) atoms. The second-order valence-corrected chi connectivity index (χ2v) is 8.41. The third kappa shape index (κ3) is 5.54. The Hall–Kier alpha value is -3.88. The number of aliphatic carboxylic acids is 1. The molecule has 178 valence electrons. The lowest BCUT2D eigenvalue weighted by atomic mass is 10.1. The summed E-state index contributed by atoms with van der Waals surface area (Å²) in [6, 6.07) is 7.45. The van der Waals surface area contributed by atoms with Crippen LogP contribution in [0.4, 0.5) is 11.5 Å². The quantitative estimate of drug-likeness (QED) is 0.361. The van der Waals surface area contributed by atoms with E-state index in [0.29, 0.717) is 30.4 Å². The molecule has 4 rings (SSSR count). The molecule has 0 spiro atoms. The minimum absolute atomic E-state index is 0.312. The first kappa shape index (κ1) is 23.3. The molecule has 1 saturated carbocycles. The van der Waals surface area contributed by atoms with E-state index in [4.69, 9.17) is 10.7 Å². The Balaban J connectivity index is 1.45. The normalized spacial score (nSPS) is 16.2. The summed E-state index contributed by atoms with van der Waals surface area (Å²) in [5, 5.41) is 19.2. The van der Waals surface area contributed by atoms with Gasteiger partial charge in [0.05, 0.1) is 24.1 Å². The molecule has 0 saturated heterocycles. The minimum atomic E-state index is -0.814. The van der Waals surface area contributed by atoms with Crippen molar-refractivity contribution in [1.82, 2.24) is 20.6 Å². The highest BCUT2D eigenvalue weighted by Gasteiger charge is 2.24. The van der Waals surface area contributed by atoms with Gasteiger partial charge in [-0.15, -0.1) is 0 Å². The number of hydrogen-bond acceptors (Lipinski definition) is 8. The smallest absolute Gasteiger partial charge is 0.326 e. The molecule has 0 radical (unpaired) electrons. The van der Waals surface area contributed by atoms with Gasteiger partial charge in [-0.25, -0.2) is 14.8 Å². The number of allylic oxidation sites excluding steroid dienone is 2. The van der Waals surface area contributed by atoms with Gasteiger partial charge in [-0.2, -0.15) is 4.99 Å². The van der Waals surface area contributed by atoms with Gasteiger partial charge in [0.1, 0.15) is 11.7 Å². The van der Waals surface area contributed by atoms with Crippen molar-refractivity contribution in [3.63, 3.8) is 0 Å². The molecule has 1 aliphatic carbocycles. The first-order chi connectivity index (χ1) is 16.5. The van der Waals surface area contributed by atoms with E-state index in [2.05, 4.69) is 25.9 Å². The summed E-state index contributed by atoms with van der Waals surface area (Å²) in [5.41, 5.74) is 12.3. The molecule has 1 aliphatic heterocycles. The number of carbonyl (C=O) groups is 1. The number of nitrogens with one attached hydrogen (secondary N) is 3. The van der Waals surface area contributed by atoms with Gasteiger partial charge in [-0.3, -0.25) is 0 Å². The van der Waals surface area contributed by atoms with Gasteiger partial charge in [0, 0.05) is 11.4 Å². The fourth-order valence-corrected chi connectivity index (χ4v) is 3.83. The van der Waals surface area contributed by atoms with Crippen LogP contribution < -0.4 is 21.7 Å². The third-order valence-electron chi connectivity index (χ3n) is 5.65. The number of carboxylic acids is 1. The second kappa shape index (κ2) is 10.4. The van der Waals surface area contributed by atoms with Crippen LogP contribution in [0.2, 0.25) is 0 Å². The van der Waals surface area contributed by atoms with E-state index < -0.39 is 12.0 Å². The maximum Gasteiger partial charge on any atom is 0.326 e. The lowest BCUT2D eigenvalue weighted by Gasteiger charge is -2.19. The molecule has 9 heteroatoms. The predicted octanol–water partition coefficient (Wildman–Crippen LogP) is 3.74. The van der Waals surface area contributed by atoms with E-state index in [9.17, 15) is 9.90 Å². The molecule has 0 amide bonds. The molecule has 1 aromatic heterocycles. The Labute approximate surface area is 199 Å². The van der Waals surface area contributed by atoms with Gasteiger partial charge >= 0.3 is 5.97 Å². The van der Waals surface area contributed by atoms with Crippen molar-refractivity contribution in [3.05, 3.63) is 59.1 Å². The number of rotatable bonds is 10. The Kier molecular flexibility index (Phi) is 7.10. The number of anilines is 1. The standard InChI is InChI=1S/C25H31N7O2/c1-3-5-19-22-23(32-25(26)31-19)28-14-18(29-22)13-27-17-11-9-16(10-12-17)21(15-7-8-15)30-20(6-4-2)24(33)34/h5,9-12,14,20,27,30H,3-4,6-8,13H2,1-2H3,(H,33,34)(H3,26,28,31,32)/b19-5-. The zero-order valence-electron chi connectivity index (χ0n) is 19.6. The number of aromatic nitrogens is 2. The molecule has 1 unspecified atom stereocenters. The van der Waals surface area contributed by atoms with Crippen molar-refractivity contribution in [2.75, 3.05) is 5.32 Å². The average Bonchev–Trinajstić information content (AvgIpc) is 3.66.